The zero-order valence-electron chi connectivity index (χ0n) is 8.03. The van der Waals surface area contributed by atoms with Crippen molar-refractivity contribution in [3.8, 4) is 0 Å². The van der Waals surface area contributed by atoms with Crippen LogP contribution in [0.4, 0.5) is 0 Å². The lowest BCUT2D eigenvalue weighted by atomic mass is 10.00. The standard InChI is InChI=1S/C11H16N2/c1-8-7-13-5-4-10(8)11(12)6-9-2-3-9/h4-5,7,9,11H,2-3,6,12H2,1H3/t11-/m1/s1. The van der Waals surface area contributed by atoms with Crippen LogP contribution in [0.25, 0.3) is 0 Å². The minimum Gasteiger partial charge on any atom is -0.324 e. The largest absolute Gasteiger partial charge is 0.324 e. The van der Waals surface area contributed by atoms with Crippen LogP contribution >= 0.6 is 0 Å². The fourth-order valence-electron chi connectivity index (χ4n) is 1.74. The number of pyridine rings is 1. The summed E-state index contributed by atoms with van der Waals surface area (Å²) in [6.07, 6.45) is 7.61. The molecule has 0 unspecified atom stereocenters. The number of hydrogen-bond acceptors (Lipinski definition) is 2. The Morgan fingerprint density at radius 1 is 1.62 bits per heavy atom. The van der Waals surface area contributed by atoms with E-state index in [0.29, 0.717) is 0 Å². The highest BCUT2D eigenvalue weighted by Crippen LogP contribution is 2.37. The smallest absolute Gasteiger partial charge is 0.0301 e. The van der Waals surface area contributed by atoms with Gasteiger partial charge < -0.3 is 5.73 Å². The summed E-state index contributed by atoms with van der Waals surface area (Å²) in [7, 11) is 0. The average Bonchev–Trinajstić information content (AvgIpc) is 2.89. The molecule has 2 rings (SSSR count). The van der Waals surface area contributed by atoms with Gasteiger partial charge in [0.1, 0.15) is 0 Å². The SMILES string of the molecule is Cc1cnccc1[C@H](N)CC1CC1. The van der Waals surface area contributed by atoms with E-state index in [0.717, 1.165) is 12.3 Å². The predicted octanol–water partition coefficient (Wildman–Crippen LogP) is 2.19. The van der Waals surface area contributed by atoms with E-state index in [9.17, 15) is 0 Å². The van der Waals surface area contributed by atoms with Crippen LogP contribution in [0.3, 0.4) is 0 Å². The zero-order valence-corrected chi connectivity index (χ0v) is 8.03. The van der Waals surface area contributed by atoms with E-state index < -0.39 is 0 Å². The molecule has 0 spiro atoms. The third kappa shape index (κ3) is 2.07. The van der Waals surface area contributed by atoms with Crippen LogP contribution in [0.5, 0.6) is 0 Å². The second kappa shape index (κ2) is 3.46. The first-order valence-electron chi connectivity index (χ1n) is 4.93. The molecule has 2 nitrogen and oxygen atoms in total. The Balaban J connectivity index is 2.09. The third-order valence-corrected chi connectivity index (χ3v) is 2.75. The van der Waals surface area contributed by atoms with E-state index in [1.807, 2.05) is 18.5 Å². The van der Waals surface area contributed by atoms with Crippen molar-refractivity contribution in [2.45, 2.75) is 32.2 Å². The maximum absolute atomic E-state index is 6.11. The second-order valence-electron chi connectivity index (χ2n) is 4.02. The molecule has 2 N–H and O–H groups in total. The molecule has 1 aliphatic carbocycles. The average molecular weight is 176 g/mol. The van der Waals surface area contributed by atoms with Crippen LogP contribution in [-0.2, 0) is 0 Å². The van der Waals surface area contributed by atoms with Crippen molar-refractivity contribution in [1.82, 2.24) is 4.98 Å². The molecule has 13 heavy (non-hydrogen) atoms. The van der Waals surface area contributed by atoms with E-state index in [4.69, 9.17) is 5.73 Å². The molecule has 1 aromatic rings. The number of aromatic nitrogens is 1. The summed E-state index contributed by atoms with van der Waals surface area (Å²) >= 11 is 0. The Bertz CT molecular complexity index is 292. The highest BCUT2D eigenvalue weighted by molar-refractivity contribution is 5.25. The summed E-state index contributed by atoms with van der Waals surface area (Å²) < 4.78 is 0. The topological polar surface area (TPSA) is 38.9 Å². The molecule has 2 heteroatoms. The maximum Gasteiger partial charge on any atom is 0.0301 e. The predicted molar refractivity (Wildman–Crippen MR) is 53.2 cm³/mol. The summed E-state index contributed by atoms with van der Waals surface area (Å²) in [5, 5.41) is 0. The first-order valence-corrected chi connectivity index (χ1v) is 4.93. The Morgan fingerprint density at radius 2 is 2.38 bits per heavy atom. The normalized spacial score (nSPS) is 18.6. The van der Waals surface area contributed by atoms with Gasteiger partial charge in [0.15, 0.2) is 0 Å². The molecule has 0 radical (unpaired) electrons. The first-order chi connectivity index (χ1) is 6.27. The van der Waals surface area contributed by atoms with Gasteiger partial charge in [-0.25, -0.2) is 0 Å². The zero-order chi connectivity index (χ0) is 9.26. The van der Waals surface area contributed by atoms with E-state index in [1.54, 1.807) is 0 Å². The van der Waals surface area contributed by atoms with Crippen molar-refractivity contribution in [3.05, 3.63) is 29.6 Å². The molecule has 1 fully saturated rings. The van der Waals surface area contributed by atoms with E-state index in [-0.39, 0.29) is 6.04 Å². The maximum atomic E-state index is 6.11. The molecule has 1 atom stereocenters. The lowest BCUT2D eigenvalue weighted by Crippen LogP contribution is -2.12. The van der Waals surface area contributed by atoms with Crippen LogP contribution in [-0.4, -0.2) is 4.98 Å². The van der Waals surface area contributed by atoms with E-state index in [2.05, 4.69) is 11.9 Å². The Labute approximate surface area is 79.2 Å². The van der Waals surface area contributed by atoms with Gasteiger partial charge in [-0.15, -0.1) is 0 Å². The fraction of sp³-hybridized carbons (Fsp3) is 0.545. The highest BCUT2D eigenvalue weighted by Gasteiger charge is 2.24. The van der Waals surface area contributed by atoms with Gasteiger partial charge >= 0.3 is 0 Å². The van der Waals surface area contributed by atoms with Gasteiger partial charge in [0.05, 0.1) is 0 Å². The van der Waals surface area contributed by atoms with Crippen LogP contribution in [0.1, 0.15) is 36.4 Å². The lowest BCUT2D eigenvalue weighted by Gasteiger charge is -2.13. The van der Waals surface area contributed by atoms with Crippen LogP contribution in [0, 0.1) is 12.8 Å². The van der Waals surface area contributed by atoms with Crippen molar-refractivity contribution in [1.29, 1.82) is 0 Å². The van der Waals surface area contributed by atoms with Gasteiger partial charge in [-0.05, 0) is 36.5 Å². The van der Waals surface area contributed by atoms with Crippen molar-refractivity contribution in [2.24, 2.45) is 11.7 Å². The van der Waals surface area contributed by atoms with Crippen molar-refractivity contribution in [3.63, 3.8) is 0 Å². The summed E-state index contributed by atoms with van der Waals surface area (Å²) in [6, 6.07) is 2.26. The molecule has 0 bridgehead atoms. The van der Waals surface area contributed by atoms with Gasteiger partial charge in [-0.3, -0.25) is 4.98 Å². The minimum atomic E-state index is 0.218. The number of rotatable bonds is 3. The van der Waals surface area contributed by atoms with Crippen molar-refractivity contribution >= 4 is 0 Å². The van der Waals surface area contributed by atoms with Crippen molar-refractivity contribution in [2.75, 3.05) is 0 Å². The van der Waals surface area contributed by atoms with Gasteiger partial charge in [0, 0.05) is 18.4 Å². The number of hydrogen-bond donors (Lipinski definition) is 1. The van der Waals surface area contributed by atoms with Crippen LogP contribution in [0.15, 0.2) is 18.5 Å². The third-order valence-electron chi connectivity index (χ3n) is 2.75. The molecular formula is C11H16N2. The number of nitrogens with two attached hydrogens (primary N) is 1. The molecule has 70 valence electrons. The monoisotopic (exact) mass is 176 g/mol. The highest BCUT2D eigenvalue weighted by atomic mass is 14.7. The first kappa shape index (κ1) is 8.70. The second-order valence-corrected chi connectivity index (χ2v) is 4.02. The molecule has 1 saturated carbocycles. The summed E-state index contributed by atoms with van der Waals surface area (Å²) in [5.74, 6) is 0.891. The Morgan fingerprint density at radius 3 is 3.00 bits per heavy atom. The Kier molecular flexibility index (Phi) is 2.32. The minimum absolute atomic E-state index is 0.218. The number of nitrogens with zero attached hydrogens (tertiary/aromatic N) is 1. The molecule has 1 heterocycles. The number of aryl methyl sites for hydroxylation is 1. The summed E-state index contributed by atoms with van der Waals surface area (Å²) in [5.41, 5.74) is 8.59. The quantitative estimate of drug-likeness (QED) is 0.766. The molecule has 0 aromatic carbocycles. The van der Waals surface area contributed by atoms with Gasteiger partial charge in [-0.1, -0.05) is 12.8 Å². The molecule has 0 amide bonds. The molecule has 0 saturated heterocycles. The van der Waals surface area contributed by atoms with Gasteiger partial charge in [0.2, 0.25) is 0 Å². The van der Waals surface area contributed by atoms with Crippen LogP contribution < -0.4 is 5.73 Å². The molecular weight excluding hydrogens is 160 g/mol. The van der Waals surface area contributed by atoms with Gasteiger partial charge in [0.25, 0.3) is 0 Å². The fourth-order valence-corrected chi connectivity index (χ4v) is 1.74. The summed E-state index contributed by atoms with van der Waals surface area (Å²) in [6.45, 7) is 2.08. The molecule has 1 aliphatic rings. The van der Waals surface area contributed by atoms with Crippen molar-refractivity contribution < 1.29 is 0 Å². The lowest BCUT2D eigenvalue weighted by molar-refractivity contribution is 0.594. The molecule has 1 aromatic heterocycles. The van der Waals surface area contributed by atoms with E-state index in [1.165, 1.54) is 24.0 Å². The summed E-state index contributed by atoms with van der Waals surface area (Å²) in [4.78, 5) is 4.07. The molecule has 0 aliphatic heterocycles. The Hall–Kier alpha value is -0.890. The van der Waals surface area contributed by atoms with Crippen LogP contribution in [0.2, 0.25) is 0 Å². The van der Waals surface area contributed by atoms with Gasteiger partial charge in [-0.2, -0.15) is 0 Å². The van der Waals surface area contributed by atoms with E-state index >= 15 is 0 Å².